The summed E-state index contributed by atoms with van der Waals surface area (Å²) in [6.07, 6.45) is 1.08. The van der Waals surface area contributed by atoms with Crippen molar-refractivity contribution in [3.63, 3.8) is 0 Å². The Balaban J connectivity index is 2.45. The Morgan fingerprint density at radius 3 is 2.26 bits per heavy atom. The molecule has 0 atom stereocenters. The molecule has 0 bridgehead atoms. The molecule has 0 saturated heterocycles. The Hall–Kier alpha value is -1.74. The summed E-state index contributed by atoms with van der Waals surface area (Å²) in [7, 11) is 0. The standard InChI is InChI=1S/C16H16F2N/c1-2-3-13-8-14(16(18)9-15(13)17)12-6-4-11(10-19)5-7-12/h4-9H,1-3,10,19H2. The molecule has 2 aromatic rings. The van der Waals surface area contributed by atoms with E-state index in [0.29, 0.717) is 30.5 Å². The zero-order valence-electron chi connectivity index (χ0n) is 10.6. The van der Waals surface area contributed by atoms with Crippen LogP contribution >= 0.6 is 0 Å². The lowest BCUT2D eigenvalue weighted by molar-refractivity contribution is 0.574. The highest BCUT2D eigenvalue weighted by Crippen LogP contribution is 2.26. The first kappa shape index (κ1) is 13.7. The largest absolute Gasteiger partial charge is 0.326 e. The van der Waals surface area contributed by atoms with E-state index < -0.39 is 11.6 Å². The Morgan fingerprint density at radius 1 is 1.00 bits per heavy atom. The van der Waals surface area contributed by atoms with Gasteiger partial charge in [-0.1, -0.05) is 31.2 Å². The first-order chi connectivity index (χ1) is 9.15. The molecule has 3 heteroatoms. The molecule has 0 amide bonds. The molecule has 1 nitrogen and oxygen atoms in total. The molecule has 2 aromatic carbocycles. The lowest BCUT2D eigenvalue weighted by Crippen LogP contribution is -1.97. The molecule has 2 rings (SSSR count). The Morgan fingerprint density at radius 2 is 1.68 bits per heavy atom. The molecule has 0 spiro atoms. The molecule has 0 aromatic heterocycles. The van der Waals surface area contributed by atoms with Crippen LogP contribution in [0.25, 0.3) is 11.1 Å². The fourth-order valence-corrected chi connectivity index (χ4v) is 2.02. The van der Waals surface area contributed by atoms with Gasteiger partial charge in [-0.3, -0.25) is 0 Å². The van der Waals surface area contributed by atoms with Crippen LogP contribution < -0.4 is 5.73 Å². The van der Waals surface area contributed by atoms with Crippen molar-refractivity contribution < 1.29 is 8.78 Å². The van der Waals surface area contributed by atoms with Crippen molar-refractivity contribution in [3.8, 4) is 11.1 Å². The predicted molar refractivity (Wildman–Crippen MR) is 73.4 cm³/mol. The first-order valence-electron chi connectivity index (χ1n) is 6.22. The van der Waals surface area contributed by atoms with E-state index in [9.17, 15) is 8.78 Å². The van der Waals surface area contributed by atoms with Gasteiger partial charge in [0.2, 0.25) is 0 Å². The molecule has 99 valence electrons. The number of benzene rings is 2. The Labute approximate surface area is 112 Å². The van der Waals surface area contributed by atoms with Gasteiger partial charge in [-0.15, -0.1) is 0 Å². The second-order valence-electron chi connectivity index (χ2n) is 4.43. The van der Waals surface area contributed by atoms with Gasteiger partial charge < -0.3 is 5.73 Å². The van der Waals surface area contributed by atoms with Gasteiger partial charge in [0.25, 0.3) is 0 Å². The van der Waals surface area contributed by atoms with E-state index in [2.05, 4.69) is 6.92 Å². The van der Waals surface area contributed by atoms with Gasteiger partial charge in [0, 0.05) is 18.2 Å². The number of aryl methyl sites for hydroxylation is 1. The molecular weight excluding hydrogens is 244 g/mol. The number of nitrogens with two attached hydrogens (primary N) is 1. The van der Waals surface area contributed by atoms with Crippen LogP contribution in [0.4, 0.5) is 8.78 Å². The number of hydrogen-bond donors (Lipinski definition) is 1. The van der Waals surface area contributed by atoms with Crippen molar-refractivity contribution in [1.29, 1.82) is 0 Å². The van der Waals surface area contributed by atoms with E-state index in [1.807, 2.05) is 12.1 Å². The maximum absolute atomic E-state index is 13.9. The highest BCUT2D eigenvalue weighted by molar-refractivity contribution is 5.65. The molecular formula is C16H16F2N. The second-order valence-corrected chi connectivity index (χ2v) is 4.43. The highest BCUT2D eigenvalue weighted by Gasteiger charge is 2.11. The predicted octanol–water partition coefficient (Wildman–Crippen LogP) is 3.86. The van der Waals surface area contributed by atoms with E-state index in [-0.39, 0.29) is 0 Å². The van der Waals surface area contributed by atoms with Crippen LogP contribution in [-0.2, 0) is 13.0 Å². The summed E-state index contributed by atoms with van der Waals surface area (Å²) < 4.78 is 27.4. The third-order valence-corrected chi connectivity index (χ3v) is 3.08. The second kappa shape index (κ2) is 5.93. The third-order valence-electron chi connectivity index (χ3n) is 3.08. The van der Waals surface area contributed by atoms with Gasteiger partial charge in [0.15, 0.2) is 0 Å². The molecule has 0 aliphatic heterocycles. The van der Waals surface area contributed by atoms with Crippen molar-refractivity contribution in [2.24, 2.45) is 5.73 Å². The topological polar surface area (TPSA) is 26.0 Å². The van der Waals surface area contributed by atoms with Crippen molar-refractivity contribution >= 4 is 0 Å². The quantitative estimate of drug-likeness (QED) is 0.887. The van der Waals surface area contributed by atoms with Crippen molar-refractivity contribution in [1.82, 2.24) is 0 Å². The van der Waals surface area contributed by atoms with Crippen LogP contribution in [0.2, 0.25) is 0 Å². The maximum atomic E-state index is 13.9. The Bertz CT molecular complexity index is 562. The SMILES string of the molecule is [CH2]CCc1cc(-c2ccc(CN)cc2)c(F)cc1F. The fraction of sp³-hybridized carbons (Fsp3) is 0.188. The molecule has 0 saturated carbocycles. The van der Waals surface area contributed by atoms with Crippen LogP contribution in [0.3, 0.4) is 0 Å². The lowest BCUT2D eigenvalue weighted by Gasteiger charge is -2.09. The summed E-state index contributed by atoms with van der Waals surface area (Å²) >= 11 is 0. The first-order valence-corrected chi connectivity index (χ1v) is 6.22. The summed E-state index contributed by atoms with van der Waals surface area (Å²) in [6.45, 7) is 4.14. The molecule has 0 fully saturated rings. The van der Waals surface area contributed by atoms with Crippen LogP contribution in [0.1, 0.15) is 17.5 Å². The van der Waals surface area contributed by atoms with Crippen LogP contribution in [0.15, 0.2) is 36.4 Å². The maximum Gasteiger partial charge on any atom is 0.133 e. The van der Waals surface area contributed by atoms with Crippen LogP contribution in [-0.4, -0.2) is 0 Å². The minimum Gasteiger partial charge on any atom is -0.326 e. The number of rotatable bonds is 4. The van der Waals surface area contributed by atoms with E-state index in [1.54, 1.807) is 18.2 Å². The fourth-order valence-electron chi connectivity index (χ4n) is 2.02. The highest BCUT2D eigenvalue weighted by atomic mass is 19.1. The minimum atomic E-state index is -0.550. The molecule has 1 radical (unpaired) electrons. The third kappa shape index (κ3) is 2.99. The van der Waals surface area contributed by atoms with Crippen LogP contribution in [0, 0.1) is 18.6 Å². The molecule has 0 aliphatic carbocycles. The number of hydrogen-bond acceptors (Lipinski definition) is 1. The zero-order valence-corrected chi connectivity index (χ0v) is 10.6. The van der Waals surface area contributed by atoms with E-state index in [0.717, 1.165) is 17.2 Å². The molecule has 19 heavy (non-hydrogen) atoms. The summed E-state index contributed by atoms with van der Waals surface area (Å²) in [5.41, 5.74) is 8.13. The van der Waals surface area contributed by atoms with Gasteiger partial charge in [-0.05, 0) is 35.6 Å². The smallest absolute Gasteiger partial charge is 0.133 e. The average Bonchev–Trinajstić information content (AvgIpc) is 2.42. The van der Waals surface area contributed by atoms with Crippen molar-refractivity contribution in [2.45, 2.75) is 19.4 Å². The summed E-state index contributed by atoms with van der Waals surface area (Å²) in [5.74, 6) is -1.06. The molecule has 0 aliphatic rings. The normalized spacial score (nSPS) is 10.7. The lowest BCUT2D eigenvalue weighted by atomic mass is 9.99. The van der Waals surface area contributed by atoms with Gasteiger partial charge >= 0.3 is 0 Å². The Kier molecular flexibility index (Phi) is 4.27. The van der Waals surface area contributed by atoms with Gasteiger partial charge in [0.05, 0.1) is 0 Å². The van der Waals surface area contributed by atoms with E-state index >= 15 is 0 Å². The number of halogens is 2. The van der Waals surface area contributed by atoms with Crippen molar-refractivity contribution in [3.05, 3.63) is 66.1 Å². The van der Waals surface area contributed by atoms with Crippen LogP contribution in [0.5, 0.6) is 0 Å². The van der Waals surface area contributed by atoms with Gasteiger partial charge in [-0.25, -0.2) is 8.78 Å². The average molecular weight is 260 g/mol. The van der Waals surface area contributed by atoms with Gasteiger partial charge in [-0.2, -0.15) is 0 Å². The molecule has 0 heterocycles. The minimum absolute atomic E-state index is 0.411. The van der Waals surface area contributed by atoms with Gasteiger partial charge in [0.1, 0.15) is 11.6 Å². The molecule has 2 N–H and O–H groups in total. The zero-order chi connectivity index (χ0) is 13.8. The van der Waals surface area contributed by atoms with Crippen molar-refractivity contribution in [2.75, 3.05) is 0 Å². The summed E-state index contributed by atoms with van der Waals surface area (Å²) in [4.78, 5) is 0. The molecule has 0 unspecified atom stereocenters. The van der Waals surface area contributed by atoms with E-state index in [1.165, 1.54) is 0 Å². The van der Waals surface area contributed by atoms with E-state index in [4.69, 9.17) is 5.73 Å². The summed E-state index contributed by atoms with van der Waals surface area (Å²) in [5, 5.41) is 0. The monoisotopic (exact) mass is 260 g/mol. The summed E-state index contributed by atoms with van der Waals surface area (Å²) in [6, 6.07) is 9.79.